The smallest absolute Gasteiger partial charge is 0.246 e. The topological polar surface area (TPSA) is 399 Å². The summed E-state index contributed by atoms with van der Waals surface area (Å²) < 4.78 is 29.8. The number of benzene rings is 15. The van der Waals surface area contributed by atoms with Crippen LogP contribution >= 0.6 is 0 Å². The van der Waals surface area contributed by atoms with Crippen LogP contribution in [-0.4, -0.2) is 135 Å². The largest absolute Gasteiger partial charge is 0.507 e. The Balaban J connectivity index is 0.000000218. The molecule has 0 saturated heterocycles. The fourth-order valence-electron chi connectivity index (χ4n) is 12.2. The van der Waals surface area contributed by atoms with Crippen LogP contribution in [0.1, 0.15) is 55.6 Å². The summed E-state index contributed by atoms with van der Waals surface area (Å²) in [5.41, 5.74) is 9.04. The normalized spacial score (nSPS) is 11.4. The number of hydrogen-bond donors (Lipinski definition) is 11. The van der Waals surface area contributed by atoms with E-state index in [9.17, 15) is 59.5 Å². The zero-order valence-corrected chi connectivity index (χ0v) is 74.5. The molecule has 24 nitrogen and oxygen atoms in total. The molecule has 130 heavy (non-hydrogen) atoms. The number of phenolic OH excluding ortho intramolecular Hbond substituents is 10. The van der Waals surface area contributed by atoms with E-state index in [2.05, 4.69) is 49.9 Å². The van der Waals surface area contributed by atoms with Crippen LogP contribution < -0.4 is 5.14 Å². The number of aliphatic imine (C=N–C) groups is 10. The van der Waals surface area contributed by atoms with Gasteiger partial charge in [0.2, 0.25) is 15.9 Å². The van der Waals surface area contributed by atoms with E-state index in [0.717, 1.165) is 26.9 Å². The monoisotopic (exact) mass is 1950 g/mol. The molecule has 0 fully saturated rings. The van der Waals surface area contributed by atoms with Gasteiger partial charge in [0.1, 0.15) is 68.8 Å². The van der Waals surface area contributed by atoms with Crippen LogP contribution in [0.2, 0.25) is 0 Å². The maximum Gasteiger partial charge on any atom is 0.246 e. The molecule has 0 spiro atoms. The van der Waals surface area contributed by atoms with Crippen molar-refractivity contribution in [2.75, 3.05) is 13.1 Å². The number of phenols is 10. The molecule has 0 aliphatic heterocycles. The molecule has 12 N–H and O–H groups in total. The summed E-state index contributed by atoms with van der Waals surface area (Å²) in [4.78, 5) is 44.6. The molecule has 0 aliphatic rings. The fourth-order valence-corrected chi connectivity index (χ4v) is 12.8. The molecule has 0 saturated carbocycles. The first-order valence-electron chi connectivity index (χ1n) is 38.6. The van der Waals surface area contributed by atoms with Gasteiger partial charge in [0.25, 0.3) is 0 Å². The van der Waals surface area contributed by atoms with Crippen LogP contribution in [0.3, 0.4) is 0 Å². The van der Waals surface area contributed by atoms with Crippen molar-refractivity contribution in [1.29, 1.82) is 0 Å². The summed E-state index contributed by atoms with van der Waals surface area (Å²) in [6, 6.07) is 92.1. The number of para-hydroxylation sites is 9. The first kappa shape index (κ1) is 101. The fraction of sp³-hybridized carbons (Fsp3) is 0.0200. The second kappa shape index (κ2) is 49.6. The summed E-state index contributed by atoms with van der Waals surface area (Å²) in [5, 5.41) is 110. The third-order valence-electron chi connectivity index (χ3n) is 18.8. The van der Waals surface area contributed by atoms with Gasteiger partial charge in [-0.25, -0.2) is 23.5 Å². The van der Waals surface area contributed by atoms with Gasteiger partial charge in [-0.15, -0.1) is 0 Å². The van der Waals surface area contributed by atoms with Crippen molar-refractivity contribution < 1.29 is 149 Å². The summed E-state index contributed by atoms with van der Waals surface area (Å²) in [7, 11) is -3.99. The van der Waals surface area contributed by atoms with Gasteiger partial charge in [-0.3, -0.25) is 39.9 Å². The van der Waals surface area contributed by atoms with E-state index in [1.54, 1.807) is 219 Å². The van der Waals surface area contributed by atoms with Crippen LogP contribution in [0, 0.1) is 0 Å². The number of nitrogens with two attached hydrogens (primary N) is 1. The van der Waals surface area contributed by atoms with Crippen molar-refractivity contribution in [3.8, 4) is 57.5 Å². The number of fused-ring (bicyclic) bond motifs is 3. The molecule has 0 bridgehead atoms. The van der Waals surface area contributed by atoms with Crippen LogP contribution in [0.25, 0.3) is 32.5 Å². The van der Waals surface area contributed by atoms with Crippen molar-refractivity contribution in [3.05, 3.63) is 377 Å². The molecule has 0 radical (unpaired) electrons. The summed E-state index contributed by atoms with van der Waals surface area (Å²) in [6.45, 7) is 1.05. The predicted molar refractivity (Wildman–Crippen MR) is 500 cm³/mol. The van der Waals surface area contributed by atoms with Gasteiger partial charge >= 0.3 is 0 Å². The molecule has 16 aromatic rings. The van der Waals surface area contributed by atoms with E-state index >= 15 is 0 Å². The van der Waals surface area contributed by atoms with Crippen molar-refractivity contribution >= 4 is 150 Å². The number of furan rings is 1. The van der Waals surface area contributed by atoms with Crippen molar-refractivity contribution in [2.45, 2.75) is 4.90 Å². The van der Waals surface area contributed by atoms with E-state index in [1.807, 2.05) is 103 Å². The molecule has 1 heterocycles. The van der Waals surface area contributed by atoms with Gasteiger partial charge in [0.05, 0.1) is 52.1 Å². The number of nitrogens with zero attached hydrogens (tertiary/aromatic N) is 10. The molecule has 1 aromatic heterocycles. The molecule has 16 rings (SSSR count). The third-order valence-corrected chi connectivity index (χ3v) is 19.7. The first-order valence-corrected chi connectivity index (χ1v) is 40.2. The van der Waals surface area contributed by atoms with E-state index in [4.69, 9.17) is 9.56 Å². The number of rotatable bonds is 22. The van der Waals surface area contributed by atoms with E-state index in [0.29, 0.717) is 114 Å². The molecule has 0 aliphatic carbocycles. The average Bonchev–Trinajstić information content (AvgIpc) is 1.82. The molecule has 15 aromatic carbocycles. The van der Waals surface area contributed by atoms with Gasteiger partial charge in [-0.1, -0.05) is 170 Å². The minimum Gasteiger partial charge on any atom is -0.507 e. The Hall–Kier alpha value is -14.4. The Bertz CT molecular complexity index is 6730. The molecule has 0 unspecified atom stereocenters. The molecule has 0 atom stereocenters. The van der Waals surface area contributed by atoms with Gasteiger partial charge in [-0.2, -0.15) is 0 Å². The Morgan fingerprint density at radius 2 is 0.523 bits per heavy atom. The second-order valence-corrected chi connectivity index (χ2v) is 28.9. The zero-order valence-electron chi connectivity index (χ0n) is 68.2. The molecule has 658 valence electrons. The number of sulfonamides is 1. The maximum atomic E-state index is 12.0. The molecule has 0 amide bonds. The Labute approximate surface area is 800 Å². The Morgan fingerprint density at radius 3 is 0.862 bits per heavy atom. The van der Waals surface area contributed by atoms with Crippen molar-refractivity contribution in [1.82, 2.24) is 0 Å². The minimum absolute atomic E-state index is 0. The van der Waals surface area contributed by atoms with E-state index in [1.165, 1.54) is 61.7 Å². The molecule has 30 heteroatoms. The number of aromatic hydroxyl groups is 10. The molecular formula is C100H79Fe5N11O13S. The maximum absolute atomic E-state index is 12.0. The SMILES string of the molecule is NS(=O)(=O)c1ccc(N=Cc2c(O)ccc3ccccc23)c(N=Cc2c(O)ccc3ccccc23)c1.Oc1ccccc1C=NCCN=Cc1ccccc1O.Oc1ccccc1C=Nc1cc(N=Cc2ccccc2O)c(N=Cc2ccccc2O)cc1N=Cc1ccccc1O.Oc1ccccc1C=Nc1oc2ccccc2c1N=Cc1ccccc1O.[Fe].[Fe].[Fe].[Fe].[Fe]. The average molecular weight is 1950 g/mol. The standard InChI is InChI=1S/C34H26N4O4.C28H21N3O4S.C22H16N2O3.C16H16N2O2.5Fe/c39-31-13-5-1-9-23(31)19-35-27-17-29(37-21-25-11-3-7-15-33(25)41)30(38-22-26-12-4-8-16-34(26)42)18-28(27)36-20-24-10-2-6-14-32(24)40;29-36(34,35)20-11-12-25(30-16-23-21-7-3-1-5-18(21)9-13-27(23)32)26(15-20)31-17-24-22-8-4-2-6-19(22)10-14-28(24)33;25-18-10-4-1-7-15(18)13-23-21-17-9-3-6-12-20(17)27-22(21)24-14-16-8-2-5-11-19(16)26;19-15-7-3-1-5-13(15)11-17-9-10-18-12-14-6-2-4-8-16(14)20;;;;;/h1-22,39-42H;1-17,32-33H,(H2,29,34,35);1-14,25-26H;1-8,11-12,19-20H,9-10H2;;;;;. The van der Waals surface area contributed by atoms with E-state index < -0.39 is 10.0 Å². The minimum atomic E-state index is -3.99. The van der Waals surface area contributed by atoms with Crippen LogP contribution in [-0.2, 0) is 95.4 Å². The van der Waals surface area contributed by atoms with Gasteiger partial charge in [0, 0.05) is 209 Å². The van der Waals surface area contributed by atoms with Gasteiger partial charge in [-0.05, 0) is 173 Å². The quantitative estimate of drug-likeness (QED) is 0.0171. The Morgan fingerprint density at radius 1 is 0.254 bits per heavy atom. The second-order valence-electron chi connectivity index (χ2n) is 27.3. The van der Waals surface area contributed by atoms with Crippen LogP contribution in [0.4, 0.5) is 45.7 Å². The summed E-state index contributed by atoms with van der Waals surface area (Å²) in [6.07, 6.45) is 15.4. The summed E-state index contributed by atoms with van der Waals surface area (Å²) in [5.74, 6) is 1.42. The molecular weight excluding hydrogens is 1870 g/mol. The third kappa shape index (κ3) is 27.5. The predicted octanol–water partition coefficient (Wildman–Crippen LogP) is 21.0. The number of primary sulfonamides is 1. The van der Waals surface area contributed by atoms with Crippen LogP contribution in [0.15, 0.2) is 381 Å². The Kier molecular flexibility index (Phi) is 38.5. The van der Waals surface area contributed by atoms with Gasteiger partial charge in [0.15, 0.2) is 0 Å². The summed E-state index contributed by atoms with van der Waals surface area (Å²) >= 11 is 0. The first-order chi connectivity index (χ1) is 60.8. The van der Waals surface area contributed by atoms with E-state index in [-0.39, 0.29) is 153 Å². The van der Waals surface area contributed by atoms with Gasteiger partial charge < -0.3 is 55.5 Å². The number of hydrogen-bond acceptors (Lipinski definition) is 23. The van der Waals surface area contributed by atoms with Crippen molar-refractivity contribution in [2.24, 2.45) is 55.1 Å². The van der Waals surface area contributed by atoms with Crippen molar-refractivity contribution in [3.63, 3.8) is 0 Å². The van der Waals surface area contributed by atoms with Crippen LogP contribution in [0.5, 0.6) is 57.5 Å². The zero-order chi connectivity index (χ0) is 87.4.